The molecule has 3 atom stereocenters. The number of benzene rings is 2. The molecule has 1 fully saturated rings. The highest BCUT2D eigenvalue weighted by molar-refractivity contribution is 5.95. The van der Waals surface area contributed by atoms with E-state index in [1.54, 1.807) is 12.1 Å². The number of allylic oxidation sites excluding steroid dienone is 3. The summed E-state index contributed by atoms with van der Waals surface area (Å²) in [5, 5.41) is 19.1. The molecule has 34 heavy (non-hydrogen) atoms. The van der Waals surface area contributed by atoms with Gasteiger partial charge in [-0.1, -0.05) is 74.9 Å². The molecule has 2 aromatic rings. The minimum absolute atomic E-state index is 0.172. The van der Waals surface area contributed by atoms with Crippen LogP contribution in [0.4, 0.5) is 10.1 Å². The molecular formula is C29H38FNO3. The van der Waals surface area contributed by atoms with Crippen molar-refractivity contribution in [1.29, 1.82) is 0 Å². The van der Waals surface area contributed by atoms with Gasteiger partial charge in [-0.25, -0.2) is 4.39 Å². The van der Waals surface area contributed by atoms with Crippen LogP contribution in [-0.4, -0.2) is 28.8 Å². The Hall–Kier alpha value is -2.76. The number of aliphatic hydroxyl groups excluding tert-OH is 2. The summed E-state index contributed by atoms with van der Waals surface area (Å²) in [7, 11) is 0. The largest absolute Gasteiger partial charge is 0.389 e. The minimum Gasteiger partial charge on any atom is -0.389 e. The SMILES string of the molecule is CC.O=C1CC(CCCC(O)c2ccc(F)cc2)CN1c1ccccc1.OC1C=CC=CCC1. The Morgan fingerprint density at radius 3 is 2.47 bits per heavy atom. The molecule has 4 rings (SSSR count). The van der Waals surface area contributed by atoms with Crippen molar-refractivity contribution in [3.63, 3.8) is 0 Å². The molecule has 4 nitrogen and oxygen atoms in total. The van der Waals surface area contributed by atoms with Crippen molar-refractivity contribution in [3.05, 3.63) is 90.3 Å². The number of hydrogen-bond donors (Lipinski definition) is 2. The molecule has 184 valence electrons. The van der Waals surface area contributed by atoms with E-state index >= 15 is 0 Å². The molecule has 0 radical (unpaired) electrons. The van der Waals surface area contributed by atoms with Gasteiger partial charge in [0.2, 0.25) is 5.91 Å². The predicted molar refractivity (Wildman–Crippen MR) is 137 cm³/mol. The van der Waals surface area contributed by atoms with Gasteiger partial charge in [0.15, 0.2) is 0 Å². The minimum atomic E-state index is -0.576. The van der Waals surface area contributed by atoms with Crippen molar-refractivity contribution >= 4 is 11.6 Å². The van der Waals surface area contributed by atoms with Crippen molar-refractivity contribution in [1.82, 2.24) is 0 Å². The van der Waals surface area contributed by atoms with Gasteiger partial charge in [0, 0.05) is 18.7 Å². The van der Waals surface area contributed by atoms with Gasteiger partial charge in [0.1, 0.15) is 5.82 Å². The number of hydrogen-bond acceptors (Lipinski definition) is 3. The number of halogens is 1. The van der Waals surface area contributed by atoms with Gasteiger partial charge in [-0.15, -0.1) is 0 Å². The number of carbonyl (C=O) groups excluding carboxylic acids is 1. The van der Waals surface area contributed by atoms with Gasteiger partial charge in [-0.05, 0) is 61.4 Å². The topological polar surface area (TPSA) is 60.8 Å². The summed E-state index contributed by atoms with van der Waals surface area (Å²) in [5.41, 5.74) is 1.70. The van der Waals surface area contributed by atoms with Crippen LogP contribution in [0.25, 0.3) is 0 Å². The van der Waals surface area contributed by atoms with Crippen LogP contribution >= 0.6 is 0 Å². The van der Waals surface area contributed by atoms with Crippen molar-refractivity contribution in [3.8, 4) is 0 Å². The van der Waals surface area contributed by atoms with Gasteiger partial charge in [0.25, 0.3) is 0 Å². The van der Waals surface area contributed by atoms with Crippen LogP contribution in [0, 0.1) is 11.7 Å². The van der Waals surface area contributed by atoms with E-state index in [-0.39, 0.29) is 17.8 Å². The molecule has 2 aromatic carbocycles. The number of carbonyl (C=O) groups is 1. The molecule has 1 saturated heterocycles. The van der Waals surface area contributed by atoms with Crippen LogP contribution in [-0.2, 0) is 4.79 Å². The van der Waals surface area contributed by atoms with E-state index in [2.05, 4.69) is 6.08 Å². The Kier molecular flexibility index (Phi) is 12.3. The molecule has 2 aliphatic rings. The molecular weight excluding hydrogens is 429 g/mol. The van der Waals surface area contributed by atoms with Crippen LogP contribution in [0.2, 0.25) is 0 Å². The van der Waals surface area contributed by atoms with Crippen molar-refractivity contribution in [2.75, 3.05) is 11.4 Å². The standard InChI is InChI=1S/C20H22FNO2.C7H10O.C2H6/c21-17-11-9-16(10-12-17)19(23)8-4-5-15-13-20(24)22(14-15)18-6-2-1-3-7-18;8-7-5-3-1-2-4-6-7;1-2/h1-3,6-7,9-12,15,19,23H,4-5,8,13-14H2;1-3,5,7-8H,4,6H2;1-2H3. The summed E-state index contributed by atoms with van der Waals surface area (Å²) in [6, 6.07) is 15.7. The fourth-order valence-corrected chi connectivity index (χ4v) is 4.01. The zero-order valence-corrected chi connectivity index (χ0v) is 20.3. The molecule has 1 aliphatic heterocycles. The number of anilines is 1. The average Bonchev–Trinajstić information content (AvgIpc) is 3.06. The maximum absolute atomic E-state index is 12.9. The second-order valence-corrected chi connectivity index (χ2v) is 8.37. The summed E-state index contributed by atoms with van der Waals surface area (Å²) < 4.78 is 12.9. The van der Waals surface area contributed by atoms with Gasteiger partial charge >= 0.3 is 0 Å². The van der Waals surface area contributed by atoms with Crippen LogP contribution in [0.5, 0.6) is 0 Å². The van der Waals surface area contributed by atoms with Crippen LogP contribution in [0.3, 0.4) is 0 Å². The number of aliphatic hydroxyl groups is 2. The lowest BCUT2D eigenvalue weighted by atomic mass is 9.97. The van der Waals surface area contributed by atoms with E-state index in [1.807, 2.05) is 67.3 Å². The molecule has 3 unspecified atom stereocenters. The van der Waals surface area contributed by atoms with Crippen LogP contribution < -0.4 is 4.90 Å². The van der Waals surface area contributed by atoms with Gasteiger partial charge in [0.05, 0.1) is 12.2 Å². The van der Waals surface area contributed by atoms with Crippen LogP contribution in [0.15, 0.2) is 78.9 Å². The normalized spacial score (nSPS) is 20.0. The summed E-state index contributed by atoms with van der Waals surface area (Å²) in [6.07, 6.45) is 11.7. The highest BCUT2D eigenvalue weighted by Crippen LogP contribution is 2.29. The molecule has 2 N–H and O–H groups in total. The highest BCUT2D eigenvalue weighted by Gasteiger charge is 2.30. The molecule has 1 aliphatic carbocycles. The van der Waals surface area contributed by atoms with Crippen molar-refractivity contribution in [2.24, 2.45) is 5.92 Å². The van der Waals surface area contributed by atoms with Gasteiger partial charge in [-0.3, -0.25) is 4.79 Å². The Labute approximate surface area is 203 Å². The molecule has 1 heterocycles. The lowest BCUT2D eigenvalue weighted by Gasteiger charge is -2.17. The van der Waals surface area contributed by atoms with E-state index in [0.29, 0.717) is 18.8 Å². The first kappa shape index (κ1) is 27.5. The number of para-hydroxylation sites is 1. The monoisotopic (exact) mass is 467 g/mol. The Morgan fingerprint density at radius 2 is 1.76 bits per heavy atom. The fourth-order valence-electron chi connectivity index (χ4n) is 4.01. The maximum atomic E-state index is 12.9. The molecule has 0 aromatic heterocycles. The Bertz CT molecular complexity index is 895. The maximum Gasteiger partial charge on any atom is 0.227 e. The highest BCUT2D eigenvalue weighted by atomic mass is 19.1. The summed E-state index contributed by atoms with van der Waals surface area (Å²) in [5.74, 6) is 0.208. The second kappa shape index (κ2) is 15.2. The lowest BCUT2D eigenvalue weighted by Crippen LogP contribution is -2.24. The first-order valence-electron chi connectivity index (χ1n) is 12.3. The smallest absolute Gasteiger partial charge is 0.227 e. The van der Waals surface area contributed by atoms with E-state index in [9.17, 15) is 14.3 Å². The number of nitrogens with zero attached hydrogens (tertiary/aromatic N) is 1. The average molecular weight is 468 g/mol. The van der Waals surface area contributed by atoms with Gasteiger partial charge < -0.3 is 15.1 Å². The second-order valence-electron chi connectivity index (χ2n) is 8.37. The quantitative estimate of drug-likeness (QED) is 0.519. The van der Waals surface area contributed by atoms with E-state index < -0.39 is 6.10 Å². The fraction of sp³-hybridized carbons (Fsp3) is 0.414. The van der Waals surface area contributed by atoms with Gasteiger partial charge in [-0.2, -0.15) is 0 Å². The molecule has 0 saturated carbocycles. The Balaban J connectivity index is 0.000000343. The van der Waals surface area contributed by atoms with Crippen molar-refractivity contribution in [2.45, 2.75) is 64.6 Å². The summed E-state index contributed by atoms with van der Waals surface area (Å²) >= 11 is 0. The molecule has 1 amide bonds. The van der Waals surface area contributed by atoms with Crippen molar-refractivity contribution < 1.29 is 19.4 Å². The first-order chi connectivity index (χ1) is 16.5. The number of amides is 1. The lowest BCUT2D eigenvalue weighted by molar-refractivity contribution is -0.117. The predicted octanol–water partition coefficient (Wildman–Crippen LogP) is 6.36. The summed E-state index contributed by atoms with van der Waals surface area (Å²) in [4.78, 5) is 14.0. The first-order valence-corrected chi connectivity index (χ1v) is 12.3. The molecule has 5 heteroatoms. The van der Waals surface area contributed by atoms with E-state index in [4.69, 9.17) is 5.11 Å². The third kappa shape index (κ3) is 9.24. The van der Waals surface area contributed by atoms with E-state index in [0.717, 1.165) is 43.5 Å². The Morgan fingerprint density at radius 1 is 1.06 bits per heavy atom. The van der Waals surface area contributed by atoms with Crippen LogP contribution in [0.1, 0.15) is 64.0 Å². The summed E-state index contributed by atoms with van der Waals surface area (Å²) in [6.45, 7) is 4.75. The third-order valence-electron chi connectivity index (χ3n) is 5.83. The number of rotatable bonds is 6. The molecule has 0 bridgehead atoms. The zero-order valence-electron chi connectivity index (χ0n) is 20.3. The third-order valence-corrected chi connectivity index (χ3v) is 5.83. The van der Waals surface area contributed by atoms with E-state index in [1.165, 1.54) is 12.1 Å². The zero-order chi connectivity index (χ0) is 24.8. The molecule has 0 spiro atoms.